The van der Waals surface area contributed by atoms with Crippen molar-refractivity contribution in [3.8, 4) is 11.3 Å². The van der Waals surface area contributed by atoms with Crippen molar-refractivity contribution < 1.29 is 4.74 Å². The van der Waals surface area contributed by atoms with Crippen LogP contribution >= 0.6 is 0 Å². The molecule has 0 aliphatic carbocycles. The molecule has 1 saturated heterocycles. The molecule has 1 aromatic heterocycles. The molecular weight excluding hydrogens is 274 g/mol. The maximum Gasteiger partial charge on any atom is 0.226 e. The zero-order valence-corrected chi connectivity index (χ0v) is 12.3. The van der Waals surface area contributed by atoms with E-state index in [0.717, 1.165) is 43.5 Å². The molecule has 0 atom stereocenters. The van der Waals surface area contributed by atoms with Crippen LogP contribution < -0.4 is 4.90 Å². The zero-order chi connectivity index (χ0) is 14.8. The molecule has 0 N–H and O–H groups in total. The smallest absolute Gasteiger partial charge is 0.226 e. The summed E-state index contributed by atoms with van der Waals surface area (Å²) in [5.74, 6) is 0.786. The van der Waals surface area contributed by atoms with Crippen LogP contribution in [0.3, 0.4) is 0 Å². The first kappa shape index (κ1) is 13.2. The summed E-state index contributed by atoms with van der Waals surface area (Å²) in [6.07, 6.45) is 1.84. The third-order valence-corrected chi connectivity index (χ3v) is 3.98. The first-order valence-electron chi connectivity index (χ1n) is 7.55. The summed E-state index contributed by atoms with van der Waals surface area (Å²) in [6.45, 7) is 3.18. The third kappa shape index (κ3) is 2.53. The van der Waals surface area contributed by atoms with Gasteiger partial charge in [-0.05, 0) is 22.9 Å². The van der Waals surface area contributed by atoms with Crippen molar-refractivity contribution in [3.05, 3.63) is 54.7 Å². The van der Waals surface area contributed by atoms with Gasteiger partial charge in [-0.2, -0.15) is 0 Å². The highest BCUT2D eigenvalue weighted by molar-refractivity contribution is 5.86. The number of hydrogen-bond acceptors (Lipinski definition) is 4. The Morgan fingerprint density at radius 2 is 1.73 bits per heavy atom. The molecule has 1 fully saturated rings. The predicted octanol–water partition coefficient (Wildman–Crippen LogP) is 3.13. The van der Waals surface area contributed by atoms with E-state index in [9.17, 15) is 0 Å². The van der Waals surface area contributed by atoms with Gasteiger partial charge >= 0.3 is 0 Å². The Hall–Kier alpha value is -2.46. The van der Waals surface area contributed by atoms with E-state index in [-0.39, 0.29) is 0 Å². The summed E-state index contributed by atoms with van der Waals surface area (Å²) in [4.78, 5) is 11.3. The van der Waals surface area contributed by atoms with Crippen LogP contribution in [0.5, 0.6) is 0 Å². The number of nitrogens with zero attached hydrogens (tertiary/aromatic N) is 3. The summed E-state index contributed by atoms with van der Waals surface area (Å²) in [7, 11) is 0. The Morgan fingerprint density at radius 3 is 2.59 bits per heavy atom. The first-order chi connectivity index (χ1) is 10.9. The fourth-order valence-corrected chi connectivity index (χ4v) is 2.77. The van der Waals surface area contributed by atoms with Crippen LogP contribution in [-0.4, -0.2) is 36.3 Å². The van der Waals surface area contributed by atoms with Crippen molar-refractivity contribution in [1.29, 1.82) is 0 Å². The van der Waals surface area contributed by atoms with Crippen LogP contribution in [-0.2, 0) is 4.74 Å². The number of hydrogen-bond donors (Lipinski definition) is 0. The van der Waals surface area contributed by atoms with E-state index in [0.29, 0.717) is 0 Å². The zero-order valence-electron chi connectivity index (χ0n) is 12.3. The molecule has 1 aliphatic rings. The molecule has 1 aliphatic heterocycles. The molecule has 110 valence electrons. The second kappa shape index (κ2) is 5.73. The molecule has 0 unspecified atom stereocenters. The lowest BCUT2D eigenvalue weighted by Crippen LogP contribution is -2.37. The van der Waals surface area contributed by atoms with E-state index in [1.807, 2.05) is 12.3 Å². The lowest BCUT2D eigenvalue weighted by atomic mass is 10.1. The second-order valence-electron chi connectivity index (χ2n) is 5.40. The summed E-state index contributed by atoms with van der Waals surface area (Å²) in [5, 5.41) is 2.47. The number of morpholine rings is 1. The minimum Gasteiger partial charge on any atom is -0.378 e. The van der Waals surface area contributed by atoms with Gasteiger partial charge in [0.25, 0.3) is 0 Å². The molecule has 4 nitrogen and oxygen atoms in total. The van der Waals surface area contributed by atoms with Gasteiger partial charge in [-0.25, -0.2) is 9.97 Å². The van der Waals surface area contributed by atoms with Gasteiger partial charge in [0.2, 0.25) is 5.95 Å². The quantitative estimate of drug-likeness (QED) is 0.727. The average Bonchev–Trinajstić information content (AvgIpc) is 2.62. The predicted molar refractivity (Wildman–Crippen MR) is 88.0 cm³/mol. The highest BCUT2D eigenvalue weighted by atomic mass is 16.5. The van der Waals surface area contributed by atoms with Gasteiger partial charge in [0.1, 0.15) is 0 Å². The molecule has 4 heteroatoms. The minimum absolute atomic E-state index is 0.740. The van der Waals surface area contributed by atoms with E-state index < -0.39 is 0 Å². The molecule has 3 aromatic rings. The topological polar surface area (TPSA) is 38.2 Å². The maximum absolute atomic E-state index is 5.39. The fourth-order valence-electron chi connectivity index (χ4n) is 2.77. The minimum atomic E-state index is 0.740. The van der Waals surface area contributed by atoms with Crippen LogP contribution in [0.25, 0.3) is 22.0 Å². The van der Waals surface area contributed by atoms with E-state index >= 15 is 0 Å². The fraction of sp³-hybridized carbons (Fsp3) is 0.222. The Morgan fingerprint density at radius 1 is 0.909 bits per heavy atom. The van der Waals surface area contributed by atoms with Gasteiger partial charge in [0, 0.05) is 24.8 Å². The normalized spacial score (nSPS) is 15.2. The van der Waals surface area contributed by atoms with E-state index in [1.54, 1.807) is 0 Å². The number of fused-ring (bicyclic) bond motifs is 1. The molecule has 0 radical (unpaired) electrons. The van der Waals surface area contributed by atoms with Crippen molar-refractivity contribution in [3.63, 3.8) is 0 Å². The molecule has 0 spiro atoms. The lowest BCUT2D eigenvalue weighted by Gasteiger charge is -2.26. The molecule has 2 aromatic carbocycles. The Balaban J connectivity index is 1.71. The first-order valence-corrected chi connectivity index (χ1v) is 7.55. The van der Waals surface area contributed by atoms with Crippen LogP contribution in [0.4, 0.5) is 5.95 Å². The standard InChI is InChI=1S/C18H17N3O/c1-2-4-15-13-16(6-5-14(15)3-1)17-7-8-19-18(20-17)21-9-11-22-12-10-21/h1-8,13H,9-12H2. The Labute approximate surface area is 129 Å². The number of ether oxygens (including phenoxy) is 1. The molecule has 0 saturated carbocycles. The lowest BCUT2D eigenvalue weighted by molar-refractivity contribution is 0.122. The summed E-state index contributed by atoms with van der Waals surface area (Å²) >= 11 is 0. The highest BCUT2D eigenvalue weighted by Gasteiger charge is 2.14. The van der Waals surface area contributed by atoms with Crippen LogP contribution in [0.1, 0.15) is 0 Å². The van der Waals surface area contributed by atoms with E-state index in [2.05, 4.69) is 52.3 Å². The van der Waals surface area contributed by atoms with Crippen molar-refractivity contribution in [2.75, 3.05) is 31.2 Å². The number of rotatable bonds is 2. The maximum atomic E-state index is 5.39. The van der Waals surface area contributed by atoms with Gasteiger partial charge in [-0.3, -0.25) is 0 Å². The number of aromatic nitrogens is 2. The average molecular weight is 291 g/mol. The molecule has 0 bridgehead atoms. The number of anilines is 1. The second-order valence-corrected chi connectivity index (χ2v) is 5.40. The Bertz CT molecular complexity index is 797. The molecular formula is C18H17N3O. The van der Waals surface area contributed by atoms with E-state index in [4.69, 9.17) is 9.72 Å². The van der Waals surface area contributed by atoms with Gasteiger partial charge < -0.3 is 9.64 Å². The largest absolute Gasteiger partial charge is 0.378 e. The van der Waals surface area contributed by atoms with Crippen LogP contribution in [0.15, 0.2) is 54.7 Å². The SMILES string of the molecule is c1ccc2cc(-c3ccnc(N4CCOCC4)n3)ccc2c1. The van der Waals surface area contributed by atoms with Crippen molar-refractivity contribution in [2.24, 2.45) is 0 Å². The molecule has 22 heavy (non-hydrogen) atoms. The summed E-state index contributed by atoms with van der Waals surface area (Å²) < 4.78 is 5.39. The molecule has 2 heterocycles. The van der Waals surface area contributed by atoms with Crippen LogP contribution in [0, 0.1) is 0 Å². The van der Waals surface area contributed by atoms with E-state index in [1.165, 1.54) is 10.8 Å². The summed E-state index contributed by atoms with van der Waals surface area (Å²) in [5.41, 5.74) is 2.08. The van der Waals surface area contributed by atoms with Crippen LogP contribution in [0.2, 0.25) is 0 Å². The molecule has 0 amide bonds. The van der Waals surface area contributed by atoms with Crippen molar-refractivity contribution >= 4 is 16.7 Å². The van der Waals surface area contributed by atoms with Crippen molar-refractivity contribution in [2.45, 2.75) is 0 Å². The molecule has 4 rings (SSSR count). The highest BCUT2D eigenvalue weighted by Crippen LogP contribution is 2.24. The monoisotopic (exact) mass is 291 g/mol. The van der Waals surface area contributed by atoms with Crippen molar-refractivity contribution in [1.82, 2.24) is 9.97 Å². The van der Waals surface area contributed by atoms with Gasteiger partial charge in [-0.1, -0.05) is 36.4 Å². The van der Waals surface area contributed by atoms with Gasteiger partial charge in [-0.15, -0.1) is 0 Å². The van der Waals surface area contributed by atoms with Gasteiger partial charge in [0.05, 0.1) is 18.9 Å². The number of benzene rings is 2. The third-order valence-electron chi connectivity index (χ3n) is 3.98. The Kier molecular flexibility index (Phi) is 3.45. The summed E-state index contributed by atoms with van der Waals surface area (Å²) in [6, 6.07) is 16.8. The van der Waals surface area contributed by atoms with Gasteiger partial charge in [0.15, 0.2) is 0 Å².